The summed E-state index contributed by atoms with van der Waals surface area (Å²) in [5, 5.41) is 2.95. The number of amides is 1. The Labute approximate surface area is 115 Å². The number of rotatable bonds is 3. The molecule has 0 heterocycles. The molecule has 0 unspecified atom stereocenters. The van der Waals surface area contributed by atoms with Crippen molar-refractivity contribution in [3.8, 4) is 0 Å². The van der Waals surface area contributed by atoms with Crippen molar-refractivity contribution < 1.29 is 4.79 Å². The van der Waals surface area contributed by atoms with Gasteiger partial charge in [-0.15, -0.1) is 12.4 Å². The summed E-state index contributed by atoms with van der Waals surface area (Å²) in [6, 6.07) is 5.92. The maximum Gasteiger partial charge on any atom is 0.251 e. The number of nitrogens with two attached hydrogens (primary N) is 1. The minimum Gasteiger partial charge on any atom is -0.350 e. The number of carbonyl (C=O) groups is 1. The summed E-state index contributed by atoms with van der Waals surface area (Å²) >= 11 is 0. The second-order valence-electron chi connectivity index (χ2n) is 5.22. The number of hydrogen-bond donors (Lipinski definition) is 2. The summed E-state index contributed by atoms with van der Waals surface area (Å²) in [6.07, 6.45) is 3.20. The van der Waals surface area contributed by atoms with Gasteiger partial charge in [-0.2, -0.15) is 0 Å². The van der Waals surface area contributed by atoms with Crippen LogP contribution < -0.4 is 11.1 Å². The molecule has 1 amide bonds. The van der Waals surface area contributed by atoms with Crippen LogP contribution in [0.25, 0.3) is 0 Å². The third-order valence-corrected chi connectivity index (χ3v) is 3.59. The Kier molecular flexibility index (Phi) is 4.77. The predicted octanol–water partition coefficient (Wildman–Crippen LogP) is 2.34. The SMILES string of the molecule is Cc1ccc(C)c(C(=O)NCC2(N)CCC2)c1.Cl. The zero-order valence-electron chi connectivity index (χ0n) is 11.0. The predicted molar refractivity (Wildman–Crippen MR) is 76.3 cm³/mol. The van der Waals surface area contributed by atoms with Gasteiger partial charge in [-0.1, -0.05) is 17.7 Å². The van der Waals surface area contributed by atoms with Crippen molar-refractivity contribution in [3.05, 3.63) is 34.9 Å². The Morgan fingerprint density at radius 3 is 2.61 bits per heavy atom. The summed E-state index contributed by atoms with van der Waals surface area (Å²) in [6.45, 7) is 4.53. The molecule has 0 radical (unpaired) electrons. The quantitative estimate of drug-likeness (QED) is 0.884. The van der Waals surface area contributed by atoms with Crippen molar-refractivity contribution in [3.63, 3.8) is 0 Å². The summed E-state index contributed by atoms with van der Waals surface area (Å²) in [7, 11) is 0. The molecule has 0 aromatic heterocycles. The molecule has 100 valence electrons. The van der Waals surface area contributed by atoms with Gasteiger partial charge in [0.2, 0.25) is 0 Å². The Morgan fingerprint density at radius 2 is 2.06 bits per heavy atom. The highest BCUT2D eigenvalue weighted by atomic mass is 35.5. The van der Waals surface area contributed by atoms with Crippen LogP contribution in [0.15, 0.2) is 18.2 Å². The van der Waals surface area contributed by atoms with Gasteiger partial charge in [0.1, 0.15) is 0 Å². The lowest BCUT2D eigenvalue weighted by Gasteiger charge is -2.38. The van der Waals surface area contributed by atoms with Gasteiger partial charge in [0.25, 0.3) is 5.91 Å². The van der Waals surface area contributed by atoms with E-state index in [0.717, 1.165) is 29.5 Å². The van der Waals surface area contributed by atoms with Gasteiger partial charge in [0.15, 0.2) is 0 Å². The average molecular weight is 269 g/mol. The normalized spacial score (nSPS) is 16.4. The van der Waals surface area contributed by atoms with E-state index < -0.39 is 0 Å². The zero-order chi connectivity index (χ0) is 12.5. The van der Waals surface area contributed by atoms with Gasteiger partial charge in [-0.25, -0.2) is 0 Å². The second-order valence-corrected chi connectivity index (χ2v) is 5.22. The van der Waals surface area contributed by atoms with E-state index >= 15 is 0 Å². The van der Waals surface area contributed by atoms with Crippen molar-refractivity contribution >= 4 is 18.3 Å². The molecule has 1 saturated carbocycles. The molecule has 3 nitrogen and oxygen atoms in total. The number of nitrogens with one attached hydrogen (secondary N) is 1. The third kappa shape index (κ3) is 3.24. The van der Waals surface area contributed by atoms with E-state index in [4.69, 9.17) is 5.73 Å². The lowest BCUT2D eigenvalue weighted by Crippen LogP contribution is -2.55. The maximum absolute atomic E-state index is 12.0. The van der Waals surface area contributed by atoms with Gasteiger partial charge >= 0.3 is 0 Å². The first-order valence-corrected chi connectivity index (χ1v) is 6.15. The molecule has 1 fully saturated rings. The average Bonchev–Trinajstić information content (AvgIpc) is 2.26. The Balaban J connectivity index is 0.00000162. The number of carbonyl (C=O) groups excluding carboxylic acids is 1. The lowest BCUT2D eigenvalue weighted by atomic mass is 9.78. The number of halogens is 1. The highest BCUT2D eigenvalue weighted by Crippen LogP contribution is 2.28. The molecular formula is C14H21ClN2O. The topological polar surface area (TPSA) is 55.1 Å². The van der Waals surface area contributed by atoms with Crippen molar-refractivity contribution in [2.24, 2.45) is 5.73 Å². The van der Waals surface area contributed by atoms with Gasteiger partial charge in [-0.3, -0.25) is 4.79 Å². The molecular weight excluding hydrogens is 248 g/mol. The van der Waals surface area contributed by atoms with Crippen LogP contribution in [0, 0.1) is 13.8 Å². The third-order valence-electron chi connectivity index (χ3n) is 3.59. The molecule has 0 atom stereocenters. The van der Waals surface area contributed by atoms with Crippen LogP contribution in [0.3, 0.4) is 0 Å². The van der Waals surface area contributed by atoms with Crippen LogP contribution in [0.4, 0.5) is 0 Å². The molecule has 0 bridgehead atoms. The highest BCUT2D eigenvalue weighted by molar-refractivity contribution is 5.95. The molecule has 0 saturated heterocycles. The molecule has 3 N–H and O–H groups in total. The van der Waals surface area contributed by atoms with E-state index in [1.54, 1.807) is 0 Å². The van der Waals surface area contributed by atoms with E-state index in [0.29, 0.717) is 6.54 Å². The van der Waals surface area contributed by atoms with E-state index in [2.05, 4.69) is 5.32 Å². The Morgan fingerprint density at radius 1 is 1.39 bits per heavy atom. The highest BCUT2D eigenvalue weighted by Gasteiger charge is 2.32. The van der Waals surface area contributed by atoms with Crippen LogP contribution in [0.1, 0.15) is 40.7 Å². The fraction of sp³-hybridized carbons (Fsp3) is 0.500. The smallest absolute Gasteiger partial charge is 0.251 e. The van der Waals surface area contributed by atoms with Crippen molar-refractivity contribution in [1.82, 2.24) is 5.32 Å². The summed E-state index contributed by atoms with van der Waals surface area (Å²) in [4.78, 5) is 12.0. The molecule has 4 heteroatoms. The fourth-order valence-electron chi connectivity index (χ4n) is 2.14. The molecule has 1 aliphatic rings. The largest absolute Gasteiger partial charge is 0.350 e. The first-order chi connectivity index (χ1) is 8.00. The van der Waals surface area contributed by atoms with E-state index in [1.807, 2.05) is 32.0 Å². The second kappa shape index (κ2) is 5.72. The van der Waals surface area contributed by atoms with Crippen LogP contribution in [-0.4, -0.2) is 18.0 Å². The minimum atomic E-state index is -0.159. The number of hydrogen-bond acceptors (Lipinski definition) is 2. The molecule has 18 heavy (non-hydrogen) atoms. The van der Waals surface area contributed by atoms with Crippen LogP contribution >= 0.6 is 12.4 Å². The number of benzene rings is 1. The molecule has 2 rings (SSSR count). The summed E-state index contributed by atoms with van der Waals surface area (Å²) < 4.78 is 0. The van der Waals surface area contributed by atoms with E-state index in [-0.39, 0.29) is 23.9 Å². The molecule has 0 aliphatic heterocycles. The Bertz CT molecular complexity index is 441. The summed E-state index contributed by atoms with van der Waals surface area (Å²) in [5.41, 5.74) is 8.79. The first kappa shape index (κ1) is 15.0. The molecule has 1 aromatic rings. The maximum atomic E-state index is 12.0. The molecule has 1 aliphatic carbocycles. The fourth-order valence-corrected chi connectivity index (χ4v) is 2.14. The van der Waals surface area contributed by atoms with E-state index in [9.17, 15) is 4.79 Å². The van der Waals surface area contributed by atoms with Gasteiger partial charge in [0, 0.05) is 17.6 Å². The standard InChI is InChI=1S/C14H20N2O.ClH/c1-10-4-5-11(2)12(8-10)13(17)16-9-14(15)6-3-7-14;/h4-5,8H,3,6-7,9,15H2,1-2H3,(H,16,17);1H. The Hall–Kier alpha value is -1.06. The van der Waals surface area contributed by atoms with Crippen LogP contribution in [0.2, 0.25) is 0 Å². The summed E-state index contributed by atoms with van der Waals surface area (Å²) in [5.74, 6) is -0.0112. The van der Waals surface area contributed by atoms with Crippen molar-refractivity contribution in [2.45, 2.75) is 38.6 Å². The number of aryl methyl sites for hydroxylation is 2. The van der Waals surface area contributed by atoms with E-state index in [1.165, 1.54) is 6.42 Å². The van der Waals surface area contributed by atoms with Gasteiger partial charge < -0.3 is 11.1 Å². The minimum absolute atomic E-state index is 0. The van der Waals surface area contributed by atoms with Crippen molar-refractivity contribution in [2.75, 3.05) is 6.54 Å². The van der Waals surface area contributed by atoms with Crippen molar-refractivity contribution in [1.29, 1.82) is 0 Å². The van der Waals surface area contributed by atoms with Gasteiger partial charge in [-0.05, 0) is 44.7 Å². The lowest BCUT2D eigenvalue weighted by molar-refractivity contribution is 0.0929. The monoisotopic (exact) mass is 268 g/mol. The van der Waals surface area contributed by atoms with Gasteiger partial charge in [0.05, 0.1) is 0 Å². The van der Waals surface area contributed by atoms with Crippen LogP contribution in [-0.2, 0) is 0 Å². The zero-order valence-corrected chi connectivity index (χ0v) is 11.8. The molecule has 1 aromatic carbocycles. The molecule has 0 spiro atoms. The van der Waals surface area contributed by atoms with Crippen LogP contribution in [0.5, 0.6) is 0 Å². The first-order valence-electron chi connectivity index (χ1n) is 6.15.